The van der Waals surface area contributed by atoms with E-state index in [-0.39, 0.29) is 0 Å². The van der Waals surface area contributed by atoms with Crippen LogP contribution in [0.1, 0.15) is 11.1 Å². The molecule has 0 spiro atoms. The Morgan fingerprint density at radius 3 is 2.50 bits per heavy atom. The predicted octanol–water partition coefficient (Wildman–Crippen LogP) is 4.30. The van der Waals surface area contributed by atoms with Crippen molar-refractivity contribution in [1.82, 2.24) is 0 Å². The minimum atomic E-state index is 0.616. The highest BCUT2D eigenvalue weighted by atomic mass is 35.5. The molecule has 0 amide bonds. The quantitative estimate of drug-likeness (QED) is 0.902. The first-order valence-electron chi connectivity index (χ1n) is 5.93. The Hall–Kier alpha value is -0.960. The zero-order chi connectivity index (χ0) is 13.0. The maximum Gasteiger partial charge on any atom is 0.0449 e. The third-order valence-corrected chi connectivity index (χ3v) is 4.42. The summed E-state index contributed by atoms with van der Waals surface area (Å²) in [7, 11) is 0. The summed E-state index contributed by atoms with van der Waals surface area (Å²) in [5, 5.41) is 0.805. The van der Waals surface area contributed by atoms with Crippen LogP contribution in [-0.4, -0.2) is 6.54 Å². The molecule has 0 bridgehead atoms. The van der Waals surface area contributed by atoms with Crippen LogP contribution in [0.3, 0.4) is 0 Å². The molecule has 3 heteroatoms. The zero-order valence-electron chi connectivity index (χ0n) is 10.3. The Bertz CT molecular complexity index is 540. The van der Waals surface area contributed by atoms with Crippen LogP contribution >= 0.6 is 23.4 Å². The van der Waals surface area contributed by atoms with Gasteiger partial charge in [0.05, 0.1) is 0 Å². The molecule has 94 valence electrons. The molecule has 2 rings (SSSR count). The Balaban J connectivity index is 2.34. The minimum Gasteiger partial charge on any atom is -0.330 e. The number of rotatable bonds is 4. The summed E-state index contributed by atoms with van der Waals surface area (Å²) in [5.41, 5.74) is 8.08. The lowest BCUT2D eigenvalue weighted by Crippen LogP contribution is -2.04. The van der Waals surface area contributed by atoms with Crippen LogP contribution in [0.5, 0.6) is 0 Å². The third kappa shape index (κ3) is 3.08. The van der Waals surface area contributed by atoms with Gasteiger partial charge >= 0.3 is 0 Å². The van der Waals surface area contributed by atoms with Crippen molar-refractivity contribution in [3.05, 3.63) is 58.6 Å². The van der Waals surface area contributed by atoms with E-state index in [1.165, 1.54) is 15.4 Å². The van der Waals surface area contributed by atoms with Crippen LogP contribution in [0.25, 0.3) is 0 Å². The summed E-state index contributed by atoms with van der Waals surface area (Å²) in [5.74, 6) is 0. The minimum absolute atomic E-state index is 0.616. The summed E-state index contributed by atoms with van der Waals surface area (Å²) in [6.45, 7) is 2.74. The molecule has 2 N–H and O–H groups in total. The molecule has 0 atom stereocenters. The van der Waals surface area contributed by atoms with Crippen molar-refractivity contribution in [3.63, 3.8) is 0 Å². The molecule has 0 unspecified atom stereocenters. The average molecular weight is 278 g/mol. The first-order chi connectivity index (χ1) is 8.72. The molecule has 0 aliphatic carbocycles. The fraction of sp³-hybridized carbons (Fsp3) is 0.200. The molecule has 0 aliphatic rings. The van der Waals surface area contributed by atoms with E-state index in [1.807, 2.05) is 12.1 Å². The van der Waals surface area contributed by atoms with E-state index in [0.717, 1.165) is 17.0 Å². The molecule has 2 aromatic rings. The molecule has 18 heavy (non-hydrogen) atoms. The number of aryl methyl sites for hydroxylation is 1. The predicted molar refractivity (Wildman–Crippen MR) is 79.5 cm³/mol. The van der Waals surface area contributed by atoms with Gasteiger partial charge in [0.2, 0.25) is 0 Å². The maximum atomic E-state index is 6.25. The monoisotopic (exact) mass is 277 g/mol. The molecule has 0 aromatic heterocycles. The normalized spacial score (nSPS) is 10.6. The van der Waals surface area contributed by atoms with E-state index in [0.29, 0.717) is 6.54 Å². The van der Waals surface area contributed by atoms with Gasteiger partial charge in [-0.05, 0) is 49.2 Å². The molecular weight excluding hydrogens is 262 g/mol. The van der Waals surface area contributed by atoms with Gasteiger partial charge in [-0.25, -0.2) is 0 Å². The molecule has 1 nitrogen and oxygen atoms in total. The topological polar surface area (TPSA) is 26.0 Å². The van der Waals surface area contributed by atoms with Gasteiger partial charge in [0, 0.05) is 14.8 Å². The summed E-state index contributed by atoms with van der Waals surface area (Å²) >= 11 is 8.00. The third-order valence-electron chi connectivity index (χ3n) is 2.78. The highest BCUT2D eigenvalue weighted by molar-refractivity contribution is 7.99. The van der Waals surface area contributed by atoms with E-state index in [2.05, 4.69) is 37.3 Å². The van der Waals surface area contributed by atoms with Crippen LogP contribution in [0, 0.1) is 6.92 Å². The number of nitrogens with two attached hydrogens (primary N) is 1. The fourth-order valence-electron chi connectivity index (χ4n) is 1.81. The van der Waals surface area contributed by atoms with Crippen LogP contribution < -0.4 is 5.73 Å². The number of hydrogen-bond donors (Lipinski definition) is 1. The van der Waals surface area contributed by atoms with Gasteiger partial charge in [-0.1, -0.05) is 47.6 Å². The molecule has 2 aromatic carbocycles. The van der Waals surface area contributed by atoms with Crippen molar-refractivity contribution in [3.8, 4) is 0 Å². The van der Waals surface area contributed by atoms with E-state index < -0.39 is 0 Å². The highest BCUT2D eigenvalue weighted by Gasteiger charge is 2.08. The van der Waals surface area contributed by atoms with E-state index in [1.54, 1.807) is 11.8 Å². The van der Waals surface area contributed by atoms with Crippen LogP contribution in [-0.2, 0) is 6.42 Å². The van der Waals surface area contributed by atoms with E-state index in [4.69, 9.17) is 17.3 Å². The van der Waals surface area contributed by atoms with Crippen molar-refractivity contribution in [2.24, 2.45) is 5.73 Å². The van der Waals surface area contributed by atoms with E-state index >= 15 is 0 Å². The van der Waals surface area contributed by atoms with Crippen molar-refractivity contribution in [2.75, 3.05) is 6.54 Å². The van der Waals surface area contributed by atoms with Gasteiger partial charge in [0.1, 0.15) is 0 Å². The molecule has 0 fully saturated rings. The smallest absolute Gasteiger partial charge is 0.0449 e. The van der Waals surface area contributed by atoms with Crippen molar-refractivity contribution in [1.29, 1.82) is 0 Å². The van der Waals surface area contributed by atoms with Crippen LogP contribution in [0.15, 0.2) is 52.3 Å². The van der Waals surface area contributed by atoms with Crippen molar-refractivity contribution in [2.45, 2.75) is 23.1 Å². The van der Waals surface area contributed by atoms with Crippen LogP contribution in [0.2, 0.25) is 5.02 Å². The van der Waals surface area contributed by atoms with Gasteiger partial charge in [-0.15, -0.1) is 0 Å². The lowest BCUT2D eigenvalue weighted by molar-refractivity contribution is 0.944. The Labute approximate surface area is 117 Å². The fourth-order valence-corrected chi connectivity index (χ4v) is 3.23. The lowest BCUT2D eigenvalue weighted by Gasteiger charge is -2.11. The molecule has 0 aliphatic heterocycles. The van der Waals surface area contributed by atoms with E-state index in [9.17, 15) is 0 Å². The first-order valence-corrected chi connectivity index (χ1v) is 7.12. The number of benzene rings is 2. The molecule has 0 heterocycles. The van der Waals surface area contributed by atoms with Crippen molar-refractivity contribution < 1.29 is 0 Å². The molecule has 0 saturated carbocycles. The summed E-state index contributed by atoms with van der Waals surface area (Å²) < 4.78 is 0. The Morgan fingerprint density at radius 2 is 1.78 bits per heavy atom. The van der Waals surface area contributed by atoms with Gasteiger partial charge in [0.15, 0.2) is 0 Å². The number of halogens is 1. The second kappa shape index (κ2) is 6.28. The zero-order valence-corrected chi connectivity index (χ0v) is 11.9. The van der Waals surface area contributed by atoms with Crippen LogP contribution in [0.4, 0.5) is 0 Å². The van der Waals surface area contributed by atoms with Gasteiger partial charge < -0.3 is 5.73 Å². The SMILES string of the molecule is Cc1ccccc1Sc1cccc(Cl)c1CCN. The molecule has 0 radical (unpaired) electrons. The van der Waals surface area contributed by atoms with Gasteiger partial charge in [0.25, 0.3) is 0 Å². The number of hydrogen-bond acceptors (Lipinski definition) is 2. The first kappa shape index (κ1) is 13.5. The Kier molecular flexibility index (Phi) is 4.70. The highest BCUT2D eigenvalue weighted by Crippen LogP contribution is 2.35. The summed E-state index contributed by atoms with van der Waals surface area (Å²) in [4.78, 5) is 2.46. The summed E-state index contributed by atoms with van der Waals surface area (Å²) in [6.07, 6.45) is 0.813. The largest absolute Gasteiger partial charge is 0.330 e. The standard InChI is InChI=1S/C15H16ClNS/c1-11-5-2-3-7-14(11)18-15-8-4-6-13(16)12(15)9-10-17/h2-8H,9-10,17H2,1H3. The maximum absolute atomic E-state index is 6.25. The second-order valence-corrected chi connectivity index (χ2v) is 5.61. The second-order valence-electron chi connectivity index (χ2n) is 4.12. The van der Waals surface area contributed by atoms with Gasteiger partial charge in [-0.3, -0.25) is 0 Å². The lowest BCUT2D eigenvalue weighted by atomic mass is 10.1. The van der Waals surface area contributed by atoms with Gasteiger partial charge in [-0.2, -0.15) is 0 Å². The molecular formula is C15H16ClNS. The molecule has 0 saturated heterocycles. The summed E-state index contributed by atoms with van der Waals surface area (Å²) in [6, 6.07) is 14.4. The Morgan fingerprint density at radius 1 is 1.06 bits per heavy atom. The van der Waals surface area contributed by atoms with Crippen molar-refractivity contribution >= 4 is 23.4 Å². The average Bonchev–Trinajstić information content (AvgIpc) is 2.36.